The predicted octanol–water partition coefficient (Wildman–Crippen LogP) is 0.771. The number of halogens is 1. The molecule has 84 valence electrons. The van der Waals surface area contributed by atoms with E-state index in [2.05, 4.69) is 15.3 Å². The molecule has 0 aromatic carbocycles. The summed E-state index contributed by atoms with van der Waals surface area (Å²) in [7, 11) is 0. The van der Waals surface area contributed by atoms with Crippen molar-refractivity contribution in [3.63, 3.8) is 0 Å². The quantitative estimate of drug-likeness (QED) is 0.674. The number of nitrogens with one attached hydrogen (secondary N) is 1. The van der Waals surface area contributed by atoms with Crippen molar-refractivity contribution in [2.45, 2.75) is 25.9 Å². The topological polar surface area (TPSA) is 84.1 Å². The van der Waals surface area contributed by atoms with Crippen molar-refractivity contribution in [1.29, 1.82) is 0 Å². The fourth-order valence-electron chi connectivity index (χ4n) is 1.07. The summed E-state index contributed by atoms with van der Waals surface area (Å²) >= 11 is 0. The van der Waals surface area contributed by atoms with Gasteiger partial charge in [0.05, 0.1) is 12.3 Å². The van der Waals surface area contributed by atoms with Crippen LogP contribution in [-0.4, -0.2) is 27.7 Å². The smallest absolute Gasteiger partial charge is 0.222 e. The summed E-state index contributed by atoms with van der Waals surface area (Å²) in [5.41, 5.74) is 5.31. The Morgan fingerprint density at radius 2 is 2.40 bits per heavy atom. The molecule has 0 saturated carbocycles. The number of aliphatic hydroxyl groups is 1. The number of anilines is 2. The fourth-order valence-corrected chi connectivity index (χ4v) is 1.07. The molecular formula is C9H15FN4O. The van der Waals surface area contributed by atoms with Gasteiger partial charge in [-0.25, -0.2) is 9.37 Å². The summed E-state index contributed by atoms with van der Waals surface area (Å²) < 4.78 is 13.1. The van der Waals surface area contributed by atoms with Crippen LogP contribution in [0.3, 0.4) is 0 Å². The van der Waals surface area contributed by atoms with E-state index in [1.807, 2.05) is 6.92 Å². The highest BCUT2D eigenvalue weighted by atomic mass is 19.1. The standard InChI is InChI=1S/C9H15FN4O/c1-2-6(15)3-4-12-8-7(10)5-13-9(11)14-8/h5-6,15H,2-4H2,1H3,(H3,11,12,13,14). The molecule has 1 aromatic rings. The van der Waals surface area contributed by atoms with Crippen molar-refractivity contribution in [2.75, 3.05) is 17.6 Å². The second-order valence-corrected chi connectivity index (χ2v) is 3.20. The van der Waals surface area contributed by atoms with Crippen LogP contribution in [0.2, 0.25) is 0 Å². The van der Waals surface area contributed by atoms with Crippen LogP contribution < -0.4 is 11.1 Å². The lowest BCUT2D eigenvalue weighted by molar-refractivity contribution is 0.164. The molecule has 1 aromatic heterocycles. The van der Waals surface area contributed by atoms with Crippen LogP contribution in [0.25, 0.3) is 0 Å². The Kier molecular flexibility index (Phi) is 4.23. The van der Waals surface area contributed by atoms with E-state index in [4.69, 9.17) is 5.73 Å². The first-order valence-electron chi connectivity index (χ1n) is 4.83. The third-order valence-electron chi connectivity index (χ3n) is 2.00. The molecule has 1 rings (SSSR count). The minimum Gasteiger partial charge on any atom is -0.393 e. The molecule has 0 bridgehead atoms. The molecule has 1 heterocycles. The Morgan fingerprint density at radius 3 is 3.07 bits per heavy atom. The highest BCUT2D eigenvalue weighted by Gasteiger charge is 2.05. The largest absolute Gasteiger partial charge is 0.393 e. The van der Waals surface area contributed by atoms with Crippen molar-refractivity contribution >= 4 is 11.8 Å². The molecule has 5 nitrogen and oxygen atoms in total. The Labute approximate surface area is 87.5 Å². The fraction of sp³-hybridized carbons (Fsp3) is 0.556. The van der Waals surface area contributed by atoms with Gasteiger partial charge in [-0.3, -0.25) is 0 Å². The van der Waals surface area contributed by atoms with Crippen molar-refractivity contribution in [3.05, 3.63) is 12.0 Å². The summed E-state index contributed by atoms with van der Waals surface area (Å²) in [5, 5.41) is 12.0. The maximum Gasteiger partial charge on any atom is 0.222 e. The van der Waals surface area contributed by atoms with Crippen molar-refractivity contribution in [3.8, 4) is 0 Å². The first kappa shape index (κ1) is 11.6. The van der Waals surface area contributed by atoms with Gasteiger partial charge < -0.3 is 16.2 Å². The monoisotopic (exact) mass is 214 g/mol. The molecule has 0 radical (unpaired) electrons. The second-order valence-electron chi connectivity index (χ2n) is 3.20. The number of hydrogen-bond acceptors (Lipinski definition) is 5. The van der Waals surface area contributed by atoms with E-state index in [1.54, 1.807) is 0 Å². The molecule has 0 aliphatic heterocycles. The van der Waals surface area contributed by atoms with Crippen LogP contribution in [0.1, 0.15) is 19.8 Å². The van der Waals surface area contributed by atoms with Crippen molar-refractivity contribution in [1.82, 2.24) is 9.97 Å². The molecule has 0 aliphatic rings. The Bertz CT molecular complexity index is 321. The summed E-state index contributed by atoms with van der Waals surface area (Å²) in [4.78, 5) is 7.20. The molecule has 6 heteroatoms. The van der Waals surface area contributed by atoms with Crippen molar-refractivity contribution < 1.29 is 9.50 Å². The van der Waals surface area contributed by atoms with Gasteiger partial charge in [0.1, 0.15) is 0 Å². The summed E-state index contributed by atoms with van der Waals surface area (Å²) in [6, 6.07) is 0. The zero-order valence-corrected chi connectivity index (χ0v) is 8.57. The predicted molar refractivity (Wildman–Crippen MR) is 55.8 cm³/mol. The van der Waals surface area contributed by atoms with Crippen molar-refractivity contribution in [2.24, 2.45) is 0 Å². The maximum absolute atomic E-state index is 13.1. The van der Waals surface area contributed by atoms with E-state index >= 15 is 0 Å². The van der Waals surface area contributed by atoms with Gasteiger partial charge in [-0.05, 0) is 12.8 Å². The van der Waals surface area contributed by atoms with E-state index < -0.39 is 5.82 Å². The molecule has 1 atom stereocenters. The third kappa shape index (κ3) is 3.67. The number of aromatic nitrogens is 2. The summed E-state index contributed by atoms with van der Waals surface area (Å²) in [6.07, 6.45) is 1.86. The van der Waals surface area contributed by atoms with Crippen LogP contribution in [0.15, 0.2) is 6.20 Å². The lowest BCUT2D eigenvalue weighted by Crippen LogP contribution is -2.14. The van der Waals surface area contributed by atoms with Crippen LogP contribution >= 0.6 is 0 Å². The Hall–Kier alpha value is -1.43. The Morgan fingerprint density at radius 1 is 1.67 bits per heavy atom. The van der Waals surface area contributed by atoms with Gasteiger partial charge in [0, 0.05) is 6.54 Å². The number of rotatable bonds is 5. The zero-order chi connectivity index (χ0) is 11.3. The first-order chi connectivity index (χ1) is 7.13. The highest BCUT2D eigenvalue weighted by Crippen LogP contribution is 2.10. The molecule has 15 heavy (non-hydrogen) atoms. The summed E-state index contributed by atoms with van der Waals surface area (Å²) in [5.74, 6) is -0.448. The van der Waals surface area contributed by atoms with Gasteiger partial charge in [0.2, 0.25) is 5.95 Å². The van der Waals surface area contributed by atoms with E-state index in [0.29, 0.717) is 19.4 Å². The van der Waals surface area contributed by atoms with Gasteiger partial charge in [-0.1, -0.05) is 6.92 Å². The molecule has 0 fully saturated rings. The molecule has 0 saturated heterocycles. The number of hydrogen-bond donors (Lipinski definition) is 3. The van der Waals surface area contributed by atoms with E-state index in [-0.39, 0.29) is 17.9 Å². The minimum atomic E-state index is -0.546. The second kappa shape index (κ2) is 5.45. The molecule has 0 amide bonds. The lowest BCUT2D eigenvalue weighted by atomic mass is 10.2. The SMILES string of the molecule is CCC(O)CCNc1nc(N)ncc1F. The number of nitrogens with zero attached hydrogens (tertiary/aromatic N) is 2. The average molecular weight is 214 g/mol. The van der Waals surface area contributed by atoms with Gasteiger partial charge in [-0.2, -0.15) is 4.98 Å². The van der Waals surface area contributed by atoms with E-state index in [1.165, 1.54) is 0 Å². The molecule has 0 spiro atoms. The van der Waals surface area contributed by atoms with E-state index in [0.717, 1.165) is 6.20 Å². The lowest BCUT2D eigenvalue weighted by Gasteiger charge is -2.09. The molecule has 1 unspecified atom stereocenters. The molecular weight excluding hydrogens is 199 g/mol. The Balaban J connectivity index is 2.46. The normalized spacial score (nSPS) is 12.5. The minimum absolute atomic E-state index is 0.0231. The average Bonchev–Trinajstić information content (AvgIpc) is 2.23. The first-order valence-corrected chi connectivity index (χ1v) is 4.83. The van der Waals surface area contributed by atoms with Crippen LogP contribution in [-0.2, 0) is 0 Å². The summed E-state index contributed by atoms with van der Waals surface area (Å²) in [6.45, 7) is 2.33. The molecule has 4 N–H and O–H groups in total. The van der Waals surface area contributed by atoms with Crippen LogP contribution in [0.4, 0.5) is 16.2 Å². The zero-order valence-electron chi connectivity index (χ0n) is 8.57. The van der Waals surface area contributed by atoms with Crippen LogP contribution in [0.5, 0.6) is 0 Å². The third-order valence-corrected chi connectivity index (χ3v) is 2.00. The van der Waals surface area contributed by atoms with Gasteiger partial charge in [0.25, 0.3) is 0 Å². The van der Waals surface area contributed by atoms with Gasteiger partial charge in [-0.15, -0.1) is 0 Å². The maximum atomic E-state index is 13.1. The van der Waals surface area contributed by atoms with Crippen LogP contribution in [0, 0.1) is 5.82 Å². The van der Waals surface area contributed by atoms with E-state index in [9.17, 15) is 9.50 Å². The molecule has 0 aliphatic carbocycles. The number of aliphatic hydroxyl groups excluding tert-OH is 1. The highest BCUT2D eigenvalue weighted by molar-refractivity contribution is 5.38. The number of nitrogen functional groups attached to an aromatic ring is 1. The number of nitrogens with two attached hydrogens (primary N) is 1. The van der Waals surface area contributed by atoms with Gasteiger partial charge >= 0.3 is 0 Å². The van der Waals surface area contributed by atoms with Gasteiger partial charge in [0.15, 0.2) is 11.6 Å².